The number of benzene rings is 1. The van der Waals surface area contributed by atoms with Crippen molar-refractivity contribution in [3.63, 3.8) is 0 Å². The van der Waals surface area contributed by atoms with E-state index < -0.39 is 0 Å². The van der Waals surface area contributed by atoms with Gasteiger partial charge in [0.1, 0.15) is 0 Å². The largest absolute Gasteiger partial charge is 0.422 e. The van der Waals surface area contributed by atoms with Gasteiger partial charge in [-0.05, 0) is 54.4 Å². The monoisotopic (exact) mass is 229 g/mol. The molecule has 0 amide bonds. The van der Waals surface area contributed by atoms with Crippen molar-refractivity contribution >= 4 is 24.7 Å². The van der Waals surface area contributed by atoms with E-state index in [-0.39, 0.29) is 0 Å². The van der Waals surface area contributed by atoms with Gasteiger partial charge in [0.2, 0.25) is 0 Å². The van der Waals surface area contributed by atoms with Gasteiger partial charge in [0.05, 0.1) is 0 Å². The number of hydrogen-bond donors (Lipinski definition) is 1. The molecule has 0 fully saturated rings. The van der Waals surface area contributed by atoms with Gasteiger partial charge in [0, 0.05) is 4.90 Å². The molecule has 1 radical (unpaired) electrons. The van der Waals surface area contributed by atoms with Crippen LogP contribution in [0.25, 0.3) is 5.57 Å². The molecule has 81 valence electrons. The standard InChI is InChI=1S/C12H14BN2S/c1-15-8-10(7-12(14)13-15)9-4-3-5-11(6-9)16-2/h3-8H,14H2,1-2H3. The topological polar surface area (TPSA) is 29.3 Å². The van der Waals surface area contributed by atoms with Crippen molar-refractivity contribution in [2.45, 2.75) is 4.90 Å². The third kappa shape index (κ3) is 2.45. The third-order valence-electron chi connectivity index (χ3n) is 2.42. The molecule has 4 heteroatoms. The van der Waals surface area contributed by atoms with Crippen molar-refractivity contribution in [3.8, 4) is 0 Å². The van der Waals surface area contributed by atoms with Gasteiger partial charge in [-0.2, -0.15) is 0 Å². The Bertz CT molecular complexity index is 454. The lowest BCUT2D eigenvalue weighted by atomic mass is 9.82. The number of nitrogens with zero attached hydrogens (tertiary/aromatic N) is 1. The van der Waals surface area contributed by atoms with E-state index >= 15 is 0 Å². The lowest BCUT2D eigenvalue weighted by Crippen LogP contribution is -2.26. The second-order valence-electron chi connectivity index (χ2n) is 3.76. The molecule has 2 N–H and O–H groups in total. The summed E-state index contributed by atoms with van der Waals surface area (Å²) in [5.41, 5.74) is 8.98. The van der Waals surface area contributed by atoms with E-state index in [1.54, 1.807) is 11.8 Å². The SMILES string of the molecule is CSc1cccc(C2=CN(C)[B]C(N)=C2)c1. The van der Waals surface area contributed by atoms with E-state index in [0.29, 0.717) is 0 Å². The van der Waals surface area contributed by atoms with Crippen LogP contribution in [-0.2, 0) is 0 Å². The van der Waals surface area contributed by atoms with Crippen LogP contribution in [0.15, 0.2) is 47.0 Å². The van der Waals surface area contributed by atoms with Crippen LogP contribution < -0.4 is 5.73 Å². The Morgan fingerprint density at radius 1 is 1.38 bits per heavy atom. The Kier molecular flexibility index (Phi) is 3.29. The maximum atomic E-state index is 5.84. The first-order valence-corrected chi connectivity index (χ1v) is 6.32. The van der Waals surface area contributed by atoms with Crippen molar-refractivity contribution in [1.29, 1.82) is 0 Å². The molecule has 1 aliphatic heterocycles. The summed E-state index contributed by atoms with van der Waals surface area (Å²) in [7, 11) is 3.89. The van der Waals surface area contributed by atoms with Crippen molar-refractivity contribution < 1.29 is 0 Å². The Hall–Kier alpha value is -1.29. The van der Waals surface area contributed by atoms with Crippen molar-refractivity contribution in [3.05, 3.63) is 47.7 Å². The normalized spacial score (nSPS) is 15.2. The molecule has 0 aliphatic carbocycles. The van der Waals surface area contributed by atoms with E-state index in [1.165, 1.54) is 10.5 Å². The summed E-state index contributed by atoms with van der Waals surface area (Å²) in [6.45, 7) is 0. The average molecular weight is 229 g/mol. The smallest absolute Gasteiger partial charge is 0.304 e. The fourth-order valence-electron chi connectivity index (χ4n) is 1.71. The maximum absolute atomic E-state index is 5.84. The zero-order valence-electron chi connectivity index (χ0n) is 9.47. The molecule has 0 aromatic heterocycles. The summed E-state index contributed by atoms with van der Waals surface area (Å²) in [4.78, 5) is 3.25. The van der Waals surface area contributed by atoms with E-state index in [2.05, 4.69) is 36.7 Å². The summed E-state index contributed by atoms with van der Waals surface area (Å²) in [6, 6.07) is 8.47. The molecule has 16 heavy (non-hydrogen) atoms. The Morgan fingerprint density at radius 3 is 2.88 bits per heavy atom. The molecule has 1 aromatic carbocycles. The predicted molar refractivity (Wildman–Crippen MR) is 72.0 cm³/mol. The highest BCUT2D eigenvalue weighted by Gasteiger charge is 2.10. The van der Waals surface area contributed by atoms with Gasteiger partial charge in [-0.1, -0.05) is 12.1 Å². The van der Waals surface area contributed by atoms with Crippen LogP contribution in [0.4, 0.5) is 0 Å². The number of nitrogens with two attached hydrogens (primary N) is 1. The van der Waals surface area contributed by atoms with Crippen molar-refractivity contribution in [1.82, 2.24) is 4.81 Å². The first kappa shape index (κ1) is 11.2. The summed E-state index contributed by atoms with van der Waals surface area (Å²) >= 11 is 1.75. The van der Waals surface area contributed by atoms with Gasteiger partial charge in [-0.3, -0.25) is 0 Å². The van der Waals surface area contributed by atoms with Gasteiger partial charge < -0.3 is 10.5 Å². The van der Waals surface area contributed by atoms with Crippen LogP contribution in [0.2, 0.25) is 0 Å². The summed E-state index contributed by atoms with van der Waals surface area (Å²) in [6.07, 6.45) is 6.16. The second kappa shape index (κ2) is 4.70. The Morgan fingerprint density at radius 2 is 2.19 bits per heavy atom. The third-order valence-corrected chi connectivity index (χ3v) is 3.15. The predicted octanol–water partition coefficient (Wildman–Crippen LogP) is 2.11. The van der Waals surface area contributed by atoms with Crippen LogP contribution in [0, 0.1) is 0 Å². The van der Waals surface area contributed by atoms with Crippen LogP contribution in [-0.4, -0.2) is 25.5 Å². The van der Waals surface area contributed by atoms with Gasteiger partial charge in [-0.15, -0.1) is 11.8 Å². The van der Waals surface area contributed by atoms with Crippen LogP contribution in [0.5, 0.6) is 0 Å². The van der Waals surface area contributed by atoms with E-state index in [0.717, 1.165) is 11.2 Å². The van der Waals surface area contributed by atoms with E-state index in [1.807, 2.05) is 25.3 Å². The molecule has 1 aliphatic rings. The lowest BCUT2D eigenvalue weighted by Gasteiger charge is -2.20. The molecule has 2 nitrogen and oxygen atoms in total. The summed E-state index contributed by atoms with van der Waals surface area (Å²) in [5.74, 6) is 0. The molecule has 0 saturated carbocycles. The highest BCUT2D eigenvalue weighted by molar-refractivity contribution is 7.98. The number of hydrogen-bond acceptors (Lipinski definition) is 3. The fourth-order valence-corrected chi connectivity index (χ4v) is 2.17. The zero-order chi connectivity index (χ0) is 11.5. The van der Waals surface area contributed by atoms with Gasteiger partial charge in [0.25, 0.3) is 0 Å². The molecule has 0 bridgehead atoms. The molecule has 1 heterocycles. The Balaban J connectivity index is 2.36. The van der Waals surface area contributed by atoms with Gasteiger partial charge in [-0.25, -0.2) is 0 Å². The molecule has 0 atom stereocenters. The zero-order valence-corrected chi connectivity index (χ0v) is 10.3. The highest BCUT2D eigenvalue weighted by atomic mass is 32.2. The quantitative estimate of drug-likeness (QED) is 0.622. The first-order valence-electron chi connectivity index (χ1n) is 5.09. The fraction of sp³-hybridized carbons (Fsp3) is 0.167. The molecule has 0 unspecified atom stereocenters. The number of allylic oxidation sites excluding steroid dienone is 2. The molecular weight excluding hydrogens is 215 g/mol. The summed E-state index contributed by atoms with van der Waals surface area (Å²) in [5, 5.41) is 0. The average Bonchev–Trinajstić information content (AvgIpc) is 2.28. The van der Waals surface area contributed by atoms with Crippen LogP contribution >= 0.6 is 11.8 Å². The lowest BCUT2D eigenvalue weighted by molar-refractivity contribution is 0.732. The minimum Gasteiger partial charge on any atom is -0.422 e. The molecule has 2 rings (SSSR count). The van der Waals surface area contributed by atoms with E-state index in [9.17, 15) is 0 Å². The maximum Gasteiger partial charge on any atom is 0.304 e. The highest BCUT2D eigenvalue weighted by Crippen LogP contribution is 2.24. The molecular formula is C12H14BN2S. The molecule has 0 saturated heterocycles. The van der Waals surface area contributed by atoms with Gasteiger partial charge in [0.15, 0.2) is 0 Å². The minimum atomic E-state index is 0.787. The van der Waals surface area contributed by atoms with E-state index in [4.69, 9.17) is 5.73 Å². The summed E-state index contributed by atoms with van der Waals surface area (Å²) < 4.78 is 0. The first-order chi connectivity index (χ1) is 7.69. The molecule has 1 aromatic rings. The van der Waals surface area contributed by atoms with Crippen molar-refractivity contribution in [2.75, 3.05) is 13.3 Å². The minimum absolute atomic E-state index is 0.787. The number of thioether (sulfide) groups is 1. The molecule has 0 spiro atoms. The second-order valence-corrected chi connectivity index (χ2v) is 4.63. The Labute approximate surface area is 101 Å². The van der Waals surface area contributed by atoms with Crippen LogP contribution in [0.1, 0.15) is 5.56 Å². The van der Waals surface area contributed by atoms with Gasteiger partial charge >= 0.3 is 7.41 Å². The number of rotatable bonds is 2. The van der Waals surface area contributed by atoms with Crippen molar-refractivity contribution in [2.24, 2.45) is 5.73 Å². The van der Waals surface area contributed by atoms with Crippen LogP contribution in [0.3, 0.4) is 0 Å².